The van der Waals surface area contributed by atoms with Crippen molar-refractivity contribution in [2.45, 2.75) is 20.3 Å². The average Bonchev–Trinajstić information content (AvgIpc) is 2.60. The Balaban J connectivity index is 1.79. The number of aryl methyl sites for hydroxylation is 2. The van der Waals surface area contributed by atoms with Gasteiger partial charge in [0.15, 0.2) is 0 Å². The molecule has 0 aliphatic rings. The molecule has 0 bridgehead atoms. The predicted octanol–water partition coefficient (Wildman–Crippen LogP) is 3.57. The van der Waals surface area contributed by atoms with E-state index in [0.29, 0.717) is 6.54 Å². The second-order valence-corrected chi connectivity index (χ2v) is 6.05. The number of rotatable bonds is 7. The van der Waals surface area contributed by atoms with Gasteiger partial charge in [-0.3, -0.25) is 4.79 Å². The predicted molar refractivity (Wildman–Crippen MR) is 99.1 cm³/mol. The highest BCUT2D eigenvalue weighted by atomic mass is 16.5. The fourth-order valence-electron chi connectivity index (χ4n) is 2.56. The lowest BCUT2D eigenvalue weighted by atomic mass is 10.1. The summed E-state index contributed by atoms with van der Waals surface area (Å²) in [5, 5.41) is 3.01. The highest BCUT2D eigenvalue weighted by Crippen LogP contribution is 2.18. The van der Waals surface area contributed by atoms with E-state index in [1.165, 1.54) is 0 Å². The van der Waals surface area contributed by atoms with Crippen LogP contribution in [0.15, 0.2) is 42.5 Å². The number of ether oxygens (including phenoxy) is 1. The summed E-state index contributed by atoms with van der Waals surface area (Å²) in [5.41, 5.74) is 4.01. The highest BCUT2D eigenvalue weighted by Gasteiger charge is 2.08. The van der Waals surface area contributed by atoms with Crippen LogP contribution in [0.25, 0.3) is 0 Å². The Morgan fingerprint density at radius 3 is 2.50 bits per heavy atom. The minimum atomic E-state index is 0.00306. The van der Waals surface area contributed by atoms with Crippen LogP contribution in [-0.4, -0.2) is 33.2 Å². The van der Waals surface area contributed by atoms with Crippen molar-refractivity contribution in [2.24, 2.45) is 0 Å². The van der Waals surface area contributed by atoms with Gasteiger partial charge in [0.2, 0.25) is 0 Å². The first-order valence-corrected chi connectivity index (χ1v) is 8.22. The molecule has 128 valence electrons. The van der Waals surface area contributed by atoms with Crippen molar-refractivity contribution in [2.75, 3.05) is 32.1 Å². The molecule has 1 N–H and O–H groups in total. The second-order valence-electron chi connectivity index (χ2n) is 6.05. The molecule has 2 aromatic rings. The van der Waals surface area contributed by atoms with Crippen molar-refractivity contribution in [3.63, 3.8) is 0 Å². The Labute approximate surface area is 144 Å². The van der Waals surface area contributed by atoms with Gasteiger partial charge in [0.05, 0.1) is 7.11 Å². The summed E-state index contributed by atoms with van der Waals surface area (Å²) in [6, 6.07) is 13.9. The number of carbonyl (C=O) groups is 1. The smallest absolute Gasteiger partial charge is 0.251 e. The molecule has 2 rings (SSSR count). The van der Waals surface area contributed by atoms with Gasteiger partial charge >= 0.3 is 0 Å². The molecule has 0 spiro atoms. The number of nitrogens with one attached hydrogen (secondary N) is 1. The molecule has 1 amide bonds. The number of anilines is 1. The van der Waals surface area contributed by atoms with E-state index in [-0.39, 0.29) is 5.91 Å². The van der Waals surface area contributed by atoms with Crippen molar-refractivity contribution < 1.29 is 9.53 Å². The van der Waals surface area contributed by atoms with Crippen LogP contribution < -0.4 is 15.0 Å². The lowest BCUT2D eigenvalue weighted by Crippen LogP contribution is -2.28. The molecule has 0 radical (unpaired) electrons. The van der Waals surface area contributed by atoms with Gasteiger partial charge in [-0.15, -0.1) is 0 Å². The zero-order valence-electron chi connectivity index (χ0n) is 14.9. The van der Waals surface area contributed by atoms with Crippen LogP contribution in [0.1, 0.15) is 27.9 Å². The first kappa shape index (κ1) is 17.9. The number of methoxy groups -OCH3 is 1. The third-order valence-electron chi connectivity index (χ3n) is 4.11. The van der Waals surface area contributed by atoms with E-state index >= 15 is 0 Å². The van der Waals surface area contributed by atoms with Gasteiger partial charge in [-0.1, -0.05) is 17.7 Å². The zero-order valence-corrected chi connectivity index (χ0v) is 14.9. The number of nitrogens with zero attached hydrogens (tertiary/aromatic N) is 1. The summed E-state index contributed by atoms with van der Waals surface area (Å²) < 4.78 is 5.17. The van der Waals surface area contributed by atoms with Crippen molar-refractivity contribution in [1.82, 2.24) is 5.32 Å². The van der Waals surface area contributed by atoms with E-state index in [4.69, 9.17) is 4.74 Å². The highest BCUT2D eigenvalue weighted by molar-refractivity contribution is 5.95. The quantitative estimate of drug-likeness (QED) is 0.791. The maximum Gasteiger partial charge on any atom is 0.251 e. The maximum atomic E-state index is 12.3. The van der Waals surface area contributed by atoms with Crippen molar-refractivity contribution in [3.8, 4) is 5.75 Å². The van der Waals surface area contributed by atoms with Crippen LogP contribution in [0, 0.1) is 13.8 Å². The van der Waals surface area contributed by atoms with Crippen molar-refractivity contribution >= 4 is 11.6 Å². The molecular formula is C20H26N2O2. The molecule has 0 aromatic heterocycles. The maximum absolute atomic E-state index is 12.3. The van der Waals surface area contributed by atoms with Crippen LogP contribution in [0.3, 0.4) is 0 Å². The Kier molecular flexibility index (Phi) is 6.24. The second kappa shape index (κ2) is 8.39. The first-order chi connectivity index (χ1) is 11.5. The van der Waals surface area contributed by atoms with E-state index in [0.717, 1.165) is 41.1 Å². The SMILES string of the molecule is COc1ccc(N(C)CCCNC(=O)c2cc(C)ccc2C)cc1. The Morgan fingerprint density at radius 1 is 1.12 bits per heavy atom. The Bertz CT molecular complexity index is 681. The molecule has 0 aliphatic heterocycles. The van der Waals surface area contributed by atoms with Crippen LogP contribution in [-0.2, 0) is 0 Å². The Morgan fingerprint density at radius 2 is 1.83 bits per heavy atom. The van der Waals surface area contributed by atoms with Gasteiger partial charge in [-0.2, -0.15) is 0 Å². The number of hydrogen-bond acceptors (Lipinski definition) is 3. The third kappa shape index (κ3) is 4.75. The lowest BCUT2D eigenvalue weighted by molar-refractivity contribution is 0.0952. The van der Waals surface area contributed by atoms with E-state index in [9.17, 15) is 4.79 Å². The summed E-state index contributed by atoms with van der Waals surface area (Å²) in [4.78, 5) is 14.4. The zero-order chi connectivity index (χ0) is 17.5. The third-order valence-corrected chi connectivity index (χ3v) is 4.11. The molecular weight excluding hydrogens is 300 g/mol. The fraction of sp³-hybridized carbons (Fsp3) is 0.350. The van der Waals surface area contributed by atoms with Crippen molar-refractivity contribution in [3.05, 3.63) is 59.2 Å². The molecule has 4 nitrogen and oxygen atoms in total. The molecule has 0 aliphatic carbocycles. The molecule has 2 aromatic carbocycles. The topological polar surface area (TPSA) is 41.6 Å². The molecule has 0 unspecified atom stereocenters. The molecule has 0 saturated heterocycles. The van der Waals surface area contributed by atoms with Gasteiger partial charge in [0.1, 0.15) is 5.75 Å². The van der Waals surface area contributed by atoms with Crippen LogP contribution in [0.5, 0.6) is 5.75 Å². The standard InChI is InChI=1S/C20H26N2O2/c1-15-6-7-16(2)19(14-15)20(23)21-12-5-13-22(3)17-8-10-18(24-4)11-9-17/h6-11,14H,5,12-13H2,1-4H3,(H,21,23). The minimum Gasteiger partial charge on any atom is -0.497 e. The summed E-state index contributed by atoms with van der Waals surface area (Å²) in [6.45, 7) is 5.50. The molecule has 0 saturated carbocycles. The van der Waals surface area contributed by atoms with Crippen LogP contribution in [0.4, 0.5) is 5.69 Å². The van der Waals surface area contributed by atoms with E-state index in [1.54, 1.807) is 7.11 Å². The fourth-order valence-corrected chi connectivity index (χ4v) is 2.56. The summed E-state index contributed by atoms with van der Waals surface area (Å²) in [5.74, 6) is 0.858. The molecule has 0 atom stereocenters. The van der Waals surface area contributed by atoms with E-state index in [1.807, 2.05) is 63.4 Å². The van der Waals surface area contributed by atoms with Gasteiger partial charge < -0.3 is 15.0 Å². The van der Waals surface area contributed by atoms with Crippen molar-refractivity contribution in [1.29, 1.82) is 0 Å². The van der Waals surface area contributed by atoms with Crippen LogP contribution >= 0.6 is 0 Å². The number of hydrogen-bond donors (Lipinski definition) is 1. The molecule has 0 fully saturated rings. The number of carbonyl (C=O) groups excluding carboxylic acids is 1. The number of benzene rings is 2. The van der Waals surface area contributed by atoms with Gasteiger partial charge in [0, 0.05) is 31.4 Å². The Hall–Kier alpha value is -2.49. The molecule has 24 heavy (non-hydrogen) atoms. The number of amides is 1. The summed E-state index contributed by atoms with van der Waals surface area (Å²) in [7, 11) is 3.71. The van der Waals surface area contributed by atoms with Gasteiger partial charge in [-0.25, -0.2) is 0 Å². The molecule has 0 heterocycles. The van der Waals surface area contributed by atoms with Gasteiger partial charge in [0.25, 0.3) is 5.91 Å². The van der Waals surface area contributed by atoms with Crippen LogP contribution in [0.2, 0.25) is 0 Å². The summed E-state index contributed by atoms with van der Waals surface area (Å²) in [6.07, 6.45) is 0.888. The minimum absolute atomic E-state index is 0.00306. The summed E-state index contributed by atoms with van der Waals surface area (Å²) >= 11 is 0. The van der Waals surface area contributed by atoms with E-state index in [2.05, 4.69) is 10.2 Å². The van der Waals surface area contributed by atoms with E-state index < -0.39 is 0 Å². The largest absolute Gasteiger partial charge is 0.497 e. The molecule has 4 heteroatoms. The van der Waals surface area contributed by atoms with Gasteiger partial charge in [-0.05, 0) is 56.2 Å². The first-order valence-electron chi connectivity index (χ1n) is 8.22. The average molecular weight is 326 g/mol. The monoisotopic (exact) mass is 326 g/mol. The normalized spacial score (nSPS) is 10.3. The lowest BCUT2D eigenvalue weighted by Gasteiger charge is -2.19.